The van der Waals surface area contributed by atoms with Gasteiger partial charge in [-0.05, 0) is 49.0 Å². The smallest absolute Gasteiger partial charge is 0.142 e. The second-order valence-corrected chi connectivity index (χ2v) is 9.91. The Labute approximate surface area is 203 Å². The molecule has 7 nitrogen and oxygen atoms in total. The number of nitrogens with zero attached hydrogens (tertiary/aromatic N) is 4. The van der Waals surface area contributed by atoms with Crippen molar-refractivity contribution in [3.8, 4) is 0 Å². The highest BCUT2D eigenvalue weighted by molar-refractivity contribution is 6.34. The number of pyridine rings is 1. The van der Waals surface area contributed by atoms with Crippen molar-refractivity contribution in [2.45, 2.75) is 50.2 Å². The molecule has 2 fully saturated rings. The number of hydrogen-bond donors (Lipinski definition) is 2. The molecule has 2 aliphatic carbocycles. The molecule has 1 atom stereocenters. The summed E-state index contributed by atoms with van der Waals surface area (Å²) in [6, 6.07) is 2.53. The minimum atomic E-state index is -0.377. The minimum absolute atomic E-state index is 0.0297. The number of allylic oxidation sites excluding steroid dienone is 2. The van der Waals surface area contributed by atoms with Crippen LogP contribution in [0, 0.1) is 5.82 Å². The molecule has 1 unspecified atom stereocenters. The van der Waals surface area contributed by atoms with Gasteiger partial charge < -0.3 is 15.4 Å². The van der Waals surface area contributed by atoms with Crippen LogP contribution < -0.4 is 10.6 Å². The van der Waals surface area contributed by atoms with E-state index in [0.717, 1.165) is 67.5 Å². The first-order valence-electron chi connectivity index (χ1n) is 12.1. The molecule has 178 valence electrons. The van der Waals surface area contributed by atoms with E-state index in [2.05, 4.69) is 30.5 Å². The molecule has 0 bridgehead atoms. The number of hydrogen-bond acceptors (Lipinski definition) is 7. The normalized spacial score (nSPS) is 27.0. The predicted octanol–water partition coefficient (Wildman–Crippen LogP) is 4.30. The maximum absolute atomic E-state index is 13.8. The Morgan fingerprint density at radius 3 is 2.74 bits per heavy atom. The van der Waals surface area contributed by atoms with Crippen molar-refractivity contribution in [2.24, 2.45) is 0 Å². The average molecular weight is 483 g/mol. The van der Waals surface area contributed by atoms with Gasteiger partial charge in [0.1, 0.15) is 23.8 Å². The summed E-state index contributed by atoms with van der Waals surface area (Å²) < 4.78 is 19.3. The lowest BCUT2D eigenvalue weighted by atomic mass is 9.88. The van der Waals surface area contributed by atoms with Crippen LogP contribution in [0.3, 0.4) is 0 Å². The summed E-state index contributed by atoms with van der Waals surface area (Å²) >= 11 is 6.63. The fourth-order valence-electron chi connectivity index (χ4n) is 5.67. The van der Waals surface area contributed by atoms with Crippen molar-refractivity contribution in [2.75, 3.05) is 36.9 Å². The third kappa shape index (κ3) is 4.19. The van der Waals surface area contributed by atoms with Crippen LogP contribution in [0.15, 0.2) is 35.9 Å². The van der Waals surface area contributed by atoms with E-state index in [-0.39, 0.29) is 11.9 Å². The van der Waals surface area contributed by atoms with E-state index in [1.165, 1.54) is 25.1 Å². The van der Waals surface area contributed by atoms with E-state index in [0.29, 0.717) is 29.1 Å². The van der Waals surface area contributed by atoms with E-state index in [4.69, 9.17) is 16.3 Å². The maximum atomic E-state index is 13.8. The first-order chi connectivity index (χ1) is 16.7. The van der Waals surface area contributed by atoms with Gasteiger partial charge in [0.05, 0.1) is 31.0 Å². The molecule has 6 rings (SSSR count). The standard InChI is InChI=1S/C25H28ClFN6O/c26-21-11-22-20(10-19(21)15-9-16(27)13-28-12-15)23-24(29-14-30-25(23)32-22)31-17-1-3-18(4-2-17)33-5-7-34-8-6-33/h9-10,12-14,17-18,22H,1-8,11H2,(H2,29,30,31,32). The van der Waals surface area contributed by atoms with Crippen molar-refractivity contribution < 1.29 is 9.13 Å². The fraction of sp³-hybridized carbons (Fsp3) is 0.480. The van der Waals surface area contributed by atoms with Crippen molar-refractivity contribution in [1.82, 2.24) is 19.9 Å². The van der Waals surface area contributed by atoms with Gasteiger partial charge in [-0.3, -0.25) is 9.88 Å². The zero-order valence-corrected chi connectivity index (χ0v) is 19.7. The number of ether oxygens (including phenoxy) is 1. The van der Waals surface area contributed by atoms with Crippen LogP contribution in [0.25, 0.3) is 11.1 Å². The molecule has 2 N–H and O–H groups in total. The Balaban J connectivity index is 1.22. The third-order valence-corrected chi connectivity index (χ3v) is 7.77. The largest absolute Gasteiger partial charge is 0.379 e. The molecule has 34 heavy (non-hydrogen) atoms. The van der Waals surface area contributed by atoms with E-state index >= 15 is 0 Å². The number of nitrogens with one attached hydrogen (secondary N) is 2. The summed E-state index contributed by atoms with van der Waals surface area (Å²) in [7, 11) is 0. The van der Waals surface area contributed by atoms with E-state index < -0.39 is 0 Å². The average Bonchev–Trinajstić information content (AvgIpc) is 3.22. The third-order valence-electron chi connectivity index (χ3n) is 7.41. The van der Waals surface area contributed by atoms with Crippen molar-refractivity contribution in [3.63, 3.8) is 0 Å². The molecule has 2 aromatic heterocycles. The summed E-state index contributed by atoms with van der Waals surface area (Å²) in [5.74, 6) is 1.30. The molecule has 4 heterocycles. The molecule has 0 aromatic carbocycles. The molecule has 0 amide bonds. The second-order valence-electron chi connectivity index (χ2n) is 9.46. The van der Waals surface area contributed by atoms with Gasteiger partial charge in [-0.25, -0.2) is 14.4 Å². The Morgan fingerprint density at radius 1 is 1.12 bits per heavy atom. The molecule has 0 radical (unpaired) electrons. The highest BCUT2D eigenvalue weighted by atomic mass is 35.5. The lowest BCUT2D eigenvalue weighted by Crippen LogP contribution is -2.46. The van der Waals surface area contributed by atoms with E-state index in [1.54, 1.807) is 12.5 Å². The molecule has 0 spiro atoms. The lowest BCUT2D eigenvalue weighted by molar-refractivity contribution is 0.00790. The highest BCUT2D eigenvalue weighted by Crippen LogP contribution is 2.46. The molecule has 1 saturated carbocycles. The van der Waals surface area contributed by atoms with Gasteiger partial charge in [-0.15, -0.1) is 0 Å². The van der Waals surface area contributed by atoms with Crippen LogP contribution in [0.5, 0.6) is 0 Å². The van der Waals surface area contributed by atoms with Gasteiger partial charge in [0.2, 0.25) is 0 Å². The predicted molar refractivity (Wildman–Crippen MR) is 131 cm³/mol. The van der Waals surface area contributed by atoms with Gasteiger partial charge in [-0.2, -0.15) is 0 Å². The first-order valence-corrected chi connectivity index (χ1v) is 12.4. The zero-order valence-electron chi connectivity index (χ0n) is 18.9. The second kappa shape index (κ2) is 9.24. The number of aromatic nitrogens is 3. The highest BCUT2D eigenvalue weighted by Gasteiger charge is 2.35. The molecular weight excluding hydrogens is 455 g/mol. The summed E-state index contributed by atoms with van der Waals surface area (Å²) in [6.45, 7) is 3.78. The summed E-state index contributed by atoms with van der Waals surface area (Å²) in [6.07, 6.45) is 11.7. The van der Waals surface area contributed by atoms with Crippen LogP contribution in [0.4, 0.5) is 16.0 Å². The number of anilines is 2. The summed E-state index contributed by atoms with van der Waals surface area (Å²) in [5, 5.41) is 7.89. The van der Waals surface area contributed by atoms with Crippen LogP contribution in [-0.2, 0) is 4.74 Å². The molecule has 2 aliphatic heterocycles. The number of rotatable bonds is 4. The molecule has 9 heteroatoms. The van der Waals surface area contributed by atoms with Crippen molar-refractivity contribution >= 4 is 34.4 Å². The minimum Gasteiger partial charge on any atom is -0.379 e. The Morgan fingerprint density at radius 2 is 1.94 bits per heavy atom. The lowest BCUT2D eigenvalue weighted by Gasteiger charge is -2.39. The topological polar surface area (TPSA) is 75.2 Å². The Bertz CT molecular complexity index is 1140. The number of halogens is 2. The van der Waals surface area contributed by atoms with E-state index in [1.807, 2.05) is 6.08 Å². The van der Waals surface area contributed by atoms with Gasteiger partial charge in [0.15, 0.2) is 0 Å². The molecule has 1 saturated heterocycles. The monoisotopic (exact) mass is 482 g/mol. The first kappa shape index (κ1) is 21.9. The number of morpholine rings is 1. The molecular formula is C25H28ClFN6O. The quantitative estimate of drug-likeness (QED) is 0.673. The fourth-order valence-corrected chi connectivity index (χ4v) is 5.99. The van der Waals surface area contributed by atoms with E-state index in [9.17, 15) is 4.39 Å². The Hall–Kier alpha value is -2.55. The van der Waals surface area contributed by atoms with Crippen LogP contribution in [0.2, 0.25) is 0 Å². The van der Waals surface area contributed by atoms with Gasteiger partial charge in [0.25, 0.3) is 0 Å². The van der Waals surface area contributed by atoms with Gasteiger partial charge >= 0.3 is 0 Å². The zero-order chi connectivity index (χ0) is 23.1. The molecule has 2 aromatic rings. The Kier molecular flexibility index (Phi) is 5.97. The van der Waals surface area contributed by atoms with Crippen molar-refractivity contribution in [1.29, 1.82) is 0 Å². The van der Waals surface area contributed by atoms with Crippen LogP contribution in [-0.4, -0.2) is 64.3 Å². The van der Waals surface area contributed by atoms with Crippen LogP contribution >= 0.6 is 11.6 Å². The summed E-state index contributed by atoms with van der Waals surface area (Å²) in [4.78, 5) is 15.7. The van der Waals surface area contributed by atoms with Gasteiger partial charge in [0, 0.05) is 48.4 Å². The SMILES string of the molecule is Fc1cncc(C2=C(Cl)CC3Nc4ncnc(NC5CCC(N6CCOCC6)CC5)c4C3=C2)c1. The number of fused-ring (bicyclic) bond motifs is 3. The summed E-state index contributed by atoms with van der Waals surface area (Å²) in [5.41, 5.74) is 3.56. The molecule has 4 aliphatic rings. The van der Waals surface area contributed by atoms with Gasteiger partial charge in [-0.1, -0.05) is 11.6 Å². The van der Waals surface area contributed by atoms with Crippen molar-refractivity contribution in [3.05, 3.63) is 52.8 Å². The van der Waals surface area contributed by atoms with Crippen LogP contribution in [0.1, 0.15) is 43.2 Å². The maximum Gasteiger partial charge on any atom is 0.142 e.